The van der Waals surface area contributed by atoms with Crippen LogP contribution in [-0.4, -0.2) is 60.3 Å². The summed E-state index contributed by atoms with van der Waals surface area (Å²) in [6.07, 6.45) is 7.68. The Hall–Kier alpha value is -1.17. The molecule has 0 atom stereocenters. The summed E-state index contributed by atoms with van der Waals surface area (Å²) in [6.45, 7) is 6.88. The Balaban J connectivity index is 1.52. The fraction of sp³-hybridized carbons (Fsp3) is 0.667. The number of thiocarbonyl (C=S) groups is 1. The average molecular weight is 376 g/mol. The molecule has 2 aliphatic rings. The summed E-state index contributed by atoms with van der Waals surface area (Å²) in [5.41, 5.74) is 1.33. The third-order valence-corrected chi connectivity index (χ3v) is 5.82. The molecule has 1 N–H and O–H groups in total. The van der Waals surface area contributed by atoms with Gasteiger partial charge in [0.25, 0.3) is 0 Å². The summed E-state index contributed by atoms with van der Waals surface area (Å²) in [4.78, 5) is 4.86. The zero-order valence-electron chi connectivity index (χ0n) is 15.9. The van der Waals surface area contributed by atoms with E-state index in [0.717, 1.165) is 57.5 Å². The lowest BCUT2D eigenvalue weighted by atomic mass is 9.96. The maximum absolute atomic E-state index is 5.81. The van der Waals surface area contributed by atoms with Crippen LogP contribution in [0, 0.1) is 0 Å². The minimum atomic E-state index is 0.564. The number of nitrogens with zero attached hydrogens (tertiary/aromatic N) is 2. The number of benzene rings is 1. The lowest BCUT2D eigenvalue weighted by molar-refractivity contribution is 0.0367. The molecule has 0 amide bonds. The molecule has 0 unspecified atom stereocenters. The van der Waals surface area contributed by atoms with E-state index in [2.05, 4.69) is 45.4 Å². The number of nitrogens with one attached hydrogen (secondary N) is 1. The van der Waals surface area contributed by atoms with Crippen molar-refractivity contribution in [1.82, 2.24) is 15.1 Å². The average Bonchev–Trinajstić information content (AvgIpc) is 2.69. The first kappa shape index (κ1) is 19.6. The second-order valence-corrected chi connectivity index (χ2v) is 7.89. The van der Waals surface area contributed by atoms with Crippen molar-refractivity contribution >= 4 is 17.3 Å². The van der Waals surface area contributed by atoms with Crippen LogP contribution >= 0.6 is 12.2 Å². The van der Waals surface area contributed by atoms with Gasteiger partial charge in [-0.2, -0.15) is 0 Å². The standard InChI is InChI=1S/C21H33N3OS/c26-21(22-20-10-5-2-6-11-20)24(18-19-8-3-1-4-9-19)13-7-12-23-14-16-25-17-15-23/h1,3-4,8-9,20H,2,5-7,10-18H2,(H,22,26). The normalized spacial score (nSPS) is 19.2. The first-order valence-electron chi connectivity index (χ1n) is 10.2. The molecule has 1 saturated carbocycles. The van der Waals surface area contributed by atoms with E-state index in [1.165, 1.54) is 37.7 Å². The molecule has 1 aromatic carbocycles. The molecule has 0 spiro atoms. The van der Waals surface area contributed by atoms with Crippen molar-refractivity contribution in [3.05, 3.63) is 35.9 Å². The summed E-state index contributed by atoms with van der Waals surface area (Å²) >= 11 is 5.81. The molecule has 144 valence electrons. The van der Waals surface area contributed by atoms with E-state index in [1.807, 2.05) is 0 Å². The molecule has 3 rings (SSSR count). The lowest BCUT2D eigenvalue weighted by Crippen LogP contribution is -2.46. The van der Waals surface area contributed by atoms with Gasteiger partial charge in [0.1, 0.15) is 0 Å². The van der Waals surface area contributed by atoms with Crippen LogP contribution in [0.2, 0.25) is 0 Å². The minimum absolute atomic E-state index is 0.564. The van der Waals surface area contributed by atoms with Crippen molar-refractivity contribution in [3.63, 3.8) is 0 Å². The van der Waals surface area contributed by atoms with Crippen molar-refractivity contribution in [1.29, 1.82) is 0 Å². The van der Waals surface area contributed by atoms with Crippen molar-refractivity contribution in [2.45, 2.75) is 51.1 Å². The Morgan fingerprint density at radius 3 is 2.58 bits per heavy atom. The van der Waals surface area contributed by atoms with Crippen LogP contribution in [-0.2, 0) is 11.3 Å². The van der Waals surface area contributed by atoms with Crippen LogP contribution in [0.25, 0.3) is 0 Å². The van der Waals surface area contributed by atoms with E-state index in [-0.39, 0.29) is 0 Å². The van der Waals surface area contributed by atoms with Crippen molar-refractivity contribution in [2.24, 2.45) is 0 Å². The summed E-state index contributed by atoms with van der Waals surface area (Å²) in [5.74, 6) is 0. The third kappa shape index (κ3) is 6.53. The molecule has 1 saturated heterocycles. The maximum atomic E-state index is 5.81. The van der Waals surface area contributed by atoms with Crippen molar-refractivity contribution < 1.29 is 4.74 Å². The predicted molar refractivity (Wildman–Crippen MR) is 111 cm³/mol. The van der Waals surface area contributed by atoms with Crippen LogP contribution in [0.15, 0.2) is 30.3 Å². The van der Waals surface area contributed by atoms with E-state index in [4.69, 9.17) is 17.0 Å². The third-order valence-electron chi connectivity index (χ3n) is 5.44. The first-order valence-corrected chi connectivity index (χ1v) is 10.6. The maximum Gasteiger partial charge on any atom is 0.169 e. The van der Waals surface area contributed by atoms with Gasteiger partial charge in [-0.05, 0) is 37.0 Å². The number of hydrogen-bond donors (Lipinski definition) is 1. The van der Waals surface area contributed by atoms with Crippen molar-refractivity contribution in [3.8, 4) is 0 Å². The molecule has 2 fully saturated rings. The number of morpholine rings is 1. The van der Waals surface area contributed by atoms with Gasteiger partial charge >= 0.3 is 0 Å². The highest BCUT2D eigenvalue weighted by molar-refractivity contribution is 7.80. The summed E-state index contributed by atoms with van der Waals surface area (Å²) in [7, 11) is 0. The van der Waals surface area contributed by atoms with Gasteiger partial charge in [0.15, 0.2) is 5.11 Å². The largest absolute Gasteiger partial charge is 0.379 e. The predicted octanol–water partition coefficient (Wildman–Crippen LogP) is 3.42. The Kier molecular flexibility index (Phi) is 8.18. The summed E-state index contributed by atoms with van der Waals surface area (Å²) in [6, 6.07) is 11.2. The van der Waals surface area contributed by atoms with Crippen LogP contribution in [0.4, 0.5) is 0 Å². The molecule has 1 aromatic rings. The Labute approximate surface area is 163 Å². The van der Waals surface area contributed by atoms with Gasteiger partial charge in [-0.3, -0.25) is 4.90 Å². The number of hydrogen-bond acceptors (Lipinski definition) is 3. The molecular weight excluding hydrogens is 342 g/mol. The van der Waals surface area contributed by atoms with E-state index in [1.54, 1.807) is 0 Å². The van der Waals surface area contributed by atoms with Gasteiger partial charge in [-0.1, -0.05) is 49.6 Å². The van der Waals surface area contributed by atoms with Gasteiger partial charge in [0.2, 0.25) is 0 Å². The van der Waals surface area contributed by atoms with E-state index >= 15 is 0 Å². The molecule has 4 nitrogen and oxygen atoms in total. The quantitative estimate of drug-likeness (QED) is 0.737. The lowest BCUT2D eigenvalue weighted by Gasteiger charge is -2.32. The second kappa shape index (κ2) is 10.9. The SMILES string of the molecule is S=C(NC1CCCCC1)N(CCCN1CCOCC1)Cc1ccccc1. The summed E-state index contributed by atoms with van der Waals surface area (Å²) in [5, 5.41) is 4.58. The zero-order valence-corrected chi connectivity index (χ0v) is 16.7. The van der Waals surface area contributed by atoms with E-state index in [9.17, 15) is 0 Å². The highest BCUT2D eigenvalue weighted by Gasteiger charge is 2.18. The van der Waals surface area contributed by atoms with Crippen LogP contribution < -0.4 is 5.32 Å². The molecule has 1 heterocycles. The first-order chi connectivity index (χ1) is 12.8. The fourth-order valence-corrected chi connectivity index (χ4v) is 4.20. The van der Waals surface area contributed by atoms with Gasteiger partial charge in [0.05, 0.1) is 13.2 Å². The molecule has 5 heteroatoms. The van der Waals surface area contributed by atoms with Crippen LogP contribution in [0.3, 0.4) is 0 Å². The summed E-state index contributed by atoms with van der Waals surface area (Å²) < 4.78 is 5.45. The minimum Gasteiger partial charge on any atom is -0.379 e. The van der Waals surface area contributed by atoms with Gasteiger partial charge in [-0.25, -0.2) is 0 Å². The van der Waals surface area contributed by atoms with Crippen LogP contribution in [0.1, 0.15) is 44.1 Å². The van der Waals surface area contributed by atoms with Crippen LogP contribution in [0.5, 0.6) is 0 Å². The fourth-order valence-electron chi connectivity index (χ4n) is 3.88. The van der Waals surface area contributed by atoms with Gasteiger partial charge in [-0.15, -0.1) is 0 Å². The highest BCUT2D eigenvalue weighted by atomic mass is 32.1. The molecule has 26 heavy (non-hydrogen) atoms. The number of ether oxygens (including phenoxy) is 1. The second-order valence-electron chi connectivity index (χ2n) is 7.50. The topological polar surface area (TPSA) is 27.7 Å². The van der Waals surface area contributed by atoms with Gasteiger partial charge < -0.3 is 15.0 Å². The van der Waals surface area contributed by atoms with Crippen molar-refractivity contribution in [2.75, 3.05) is 39.4 Å². The Morgan fingerprint density at radius 2 is 1.85 bits per heavy atom. The monoisotopic (exact) mass is 375 g/mol. The molecule has 0 bridgehead atoms. The molecular formula is C21H33N3OS. The molecule has 1 aliphatic carbocycles. The Bertz CT molecular complexity index is 527. The van der Waals surface area contributed by atoms with Gasteiger partial charge in [0, 0.05) is 38.8 Å². The molecule has 0 radical (unpaired) electrons. The number of rotatable bonds is 7. The Morgan fingerprint density at radius 1 is 1.12 bits per heavy atom. The molecule has 1 aliphatic heterocycles. The van der Waals surface area contributed by atoms with E-state index in [0.29, 0.717) is 6.04 Å². The highest BCUT2D eigenvalue weighted by Crippen LogP contribution is 2.18. The molecule has 0 aromatic heterocycles. The zero-order chi connectivity index (χ0) is 18.0. The smallest absolute Gasteiger partial charge is 0.169 e. The van der Waals surface area contributed by atoms with E-state index < -0.39 is 0 Å².